The highest BCUT2D eigenvalue weighted by atomic mass is 35.5. The number of aliphatic carboxylic acids is 1. The number of nitrogens with zero attached hydrogens (tertiary/aromatic N) is 5. The molecule has 0 unspecified atom stereocenters. The molecule has 1 aliphatic carbocycles. The summed E-state index contributed by atoms with van der Waals surface area (Å²) in [5, 5.41) is 21.3. The zero-order chi connectivity index (χ0) is 29.1. The highest BCUT2D eigenvalue weighted by Crippen LogP contribution is 2.55. The summed E-state index contributed by atoms with van der Waals surface area (Å²) in [5.74, 6) is -0.0694. The van der Waals surface area contributed by atoms with Gasteiger partial charge in [0.05, 0.1) is 22.8 Å². The molecule has 1 saturated heterocycles. The number of hydrogen-bond acceptors (Lipinski definition) is 9. The van der Waals surface area contributed by atoms with Crippen LogP contribution in [-0.4, -0.2) is 89.9 Å². The van der Waals surface area contributed by atoms with Crippen LogP contribution >= 0.6 is 11.6 Å². The number of halogens is 1. The molecule has 2 heterocycles. The van der Waals surface area contributed by atoms with Gasteiger partial charge in [0.1, 0.15) is 24.5 Å². The van der Waals surface area contributed by atoms with E-state index in [0.717, 1.165) is 26.2 Å². The van der Waals surface area contributed by atoms with Gasteiger partial charge in [-0.25, -0.2) is 14.8 Å². The quantitative estimate of drug-likeness (QED) is 0.409. The molecule has 0 spiro atoms. The molecule has 2 fully saturated rings. The molecule has 0 radical (unpaired) electrons. The summed E-state index contributed by atoms with van der Waals surface area (Å²) in [6.07, 6.45) is 2.90. The van der Waals surface area contributed by atoms with E-state index in [2.05, 4.69) is 52.8 Å². The lowest BCUT2D eigenvalue weighted by atomic mass is 9.49. The van der Waals surface area contributed by atoms with Crippen LogP contribution in [0, 0.1) is 22.2 Å². The van der Waals surface area contributed by atoms with Gasteiger partial charge < -0.3 is 24.8 Å². The van der Waals surface area contributed by atoms with E-state index in [4.69, 9.17) is 31.4 Å². The van der Waals surface area contributed by atoms with Gasteiger partial charge in [-0.05, 0) is 12.1 Å². The first-order valence-electron chi connectivity index (χ1n) is 13.2. The second-order valence-corrected chi connectivity index (χ2v) is 11.8. The lowest BCUT2D eigenvalue weighted by Gasteiger charge is -2.63. The number of nitriles is 1. The second kappa shape index (κ2) is 12.0. The van der Waals surface area contributed by atoms with Crippen molar-refractivity contribution in [2.75, 3.05) is 50.8 Å². The van der Waals surface area contributed by atoms with Crippen molar-refractivity contribution in [2.24, 2.45) is 10.8 Å². The normalized spacial score (nSPS) is 21.6. The Morgan fingerprint density at radius 1 is 1.15 bits per heavy atom. The summed E-state index contributed by atoms with van der Waals surface area (Å²) < 4.78 is 11.4. The number of carbonyl (C=O) groups excluding carboxylic acids is 1. The minimum absolute atomic E-state index is 0.168. The molecule has 1 saturated carbocycles. The van der Waals surface area contributed by atoms with Gasteiger partial charge in [0.2, 0.25) is 5.95 Å². The van der Waals surface area contributed by atoms with Crippen molar-refractivity contribution in [1.29, 1.82) is 5.26 Å². The van der Waals surface area contributed by atoms with Crippen LogP contribution in [0.15, 0.2) is 30.6 Å². The maximum Gasteiger partial charge on any atom is 0.329 e. The maximum atomic E-state index is 13.2. The Kier molecular flexibility index (Phi) is 8.83. The fraction of sp³-hybridized carbons (Fsp3) is 0.536. The van der Waals surface area contributed by atoms with Crippen molar-refractivity contribution in [2.45, 2.75) is 39.8 Å². The summed E-state index contributed by atoms with van der Waals surface area (Å²) in [6.45, 7) is 12.0. The van der Waals surface area contributed by atoms with Crippen molar-refractivity contribution in [1.82, 2.24) is 20.2 Å². The zero-order valence-electron chi connectivity index (χ0n) is 23.2. The molecule has 11 nitrogen and oxygen atoms in total. The lowest BCUT2D eigenvalue weighted by Crippen LogP contribution is -2.74. The highest BCUT2D eigenvalue weighted by Gasteiger charge is 2.64. The van der Waals surface area contributed by atoms with Gasteiger partial charge in [0.25, 0.3) is 5.91 Å². The minimum atomic E-state index is -0.970. The Labute approximate surface area is 239 Å². The molecule has 1 aromatic carbocycles. The average Bonchev–Trinajstić information content (AvgIpc) is 2.92. The number of rotatable bonds is 10. The van der Waals surface area contributed by atoms with Gasteiger partial charge in [-0.3, -0.25) is 9.69 Å². The van der Waals surface area contributed by atoms with Crippen LogP contribution in [0.4, 0.5) is 5.95 Å². The number of carboxylic acids is 1. The van der Waals surface area contributed by atoms with E-state index in [0.29, 0.717) is 41.0 Å². The molecule has 0 bridgehead atoms. The van der Waals surface area contributed by atoms with E-state index in [9.17, 15) is 9.59 Å². The fourth-order valence-electron chi connectivity index (χ4n) is 5.94. The molecule has 0 atom stereocenters. The smallest absolute Gasteiger partial charge is 0.329 e. The fourth-order valence-corrected chi connectivity index (χ4v) is 6.15. The Morgan fingerprint density at radius 3 is 2.38 bits per heavy atom. The Hall–Kier alpha value is -3.46. The van der Waals surface area contributed by atoms with Gasteiger partial charge in [-0.1, -0.05) is 39.3 Å². The highest BCUT2D eigenvalue weighted by molar-refractivity contribution is 6.31. The van der Waals surface area contributed by atoms with Gasteiger partial charge in [-0.15, -0.1) is 0 Å². The molecule has 1 amide bonds. The first kappa shape index (κ1) is 29.5. The molecule has 12 heteroatoms. The maximum absolute atomic E-state index is 13.2. The first-order chi connectivity index (χ1) is 18.9. The lowest BCUT2D eigenvalue weighted by molar-refractivity contribution is -0.164. The topological polar surface area (TPSA) is 141 Å². The molecule has 214 valence electrons. The summed E-state index contributed by atoms with van der Waals surface area (Å²) in [5.41, 5.74) is 0.0202. The van der Waals surface area contributed by atoms with Crippen LogP contribution in [0.3, 0.4) is 0 Å². The summed E-state index contributed by atoms with van der Waals surface area (Å²) >= 11 is 6.18. The largest absolute Gasteiger partial charge is 0.489 e. The van der Waals surface area contributed by atoms with E-state index in [1.54, 1.807) is 30.6 Å². The van der Waals surface area contributed by atoms with E-state index in [-0.39, 0.29) is 35.5 Å². The summed E-state index contributed by atoms with van der Waals surface area (Å²) in [6, 6.07) is 6.90. The van der Waals surface area contributed by atoms with Crippen LogP contribution in [0.5, 0.6) is 5.75 Å². The molecule has 2 N–H and O–H groups in total. The number of hydrogen-bond donors (Lipinski definition) is 2. The zero-order valence-corrected chi connectivity index (χ0v) is 23.9. The minimum Gasteiger partial charge on any atom is -0.489 e. The second-order valence-electron chi connectivity index (χ2n) is 11.3. The van der Waals surface area contributed by atoms with Crippen LogP contribution in [0.25, 0.3) is 0 Å². The summed E-state index contributed by atoms with van der Waals surface area (Å²) in [4.78, 5) is 36.9. The molecule has 2 aliphatic rings. The van der Waals surface area contributed by atoms with Crippen molar-refractivity contribution >= 4 is 29.4 Å². The number of nitrogens with one attached hydrogen (secondary N) is 1. The van der Waals surface area contributed by atoms with Gasteiger partial charge >= 0.3 is 5.97 Å². The number of amides is 1. The number of ether oxygens (including phenoxy) is 2. The predicted molar refractivity (Wildman–Crippen MR) is 149 cm³/mol. The van der Waals surface area contributed by atoms with E-state index in [1.165, 1.54) is 0 Å². The number of aromatic nitrogens is 2. The van der Waals surface area contributed by atoms with E-state index in [1.807, 2.05) is 6.07 Å². The Morgan fingerprint density at radius 2 is 1.80 bits per heavy atom. The number of anilines is 1. The molecular weight excluding hydrogens is 536 g/mol. The van der Waals surface area contributed by atoms with E-state index >= 15 is 0 Å². The molecule has 4 rings (SSSR count). The SMILES string of the molecule is CC1(C)C(NC(=O)c2cnc(N3CCN(CCOCC(=O)O)CC3)nc2)C(C)(C)C1Oc1ccc(C#N)c(Cl)c1. The van der Waals surface area contributed by atoms with Crippen molar-refractivity contribution in [3.8, 4) is 11.8 Å². The third-order valence-electron chi connectivity index (χ3n) is 7.76. The van der Waals surface area contributed by atoms with Crippen molar-refractivity contribution in [3.05, 3.63) is 46.7 Å². The number of carboxylic acid groups (broad SMARTS) is 1. The average molecular weight is 571 g/mol. The standard InChI is InChI=1S/C28H35ClN6O5/c1-27(2)24(28(3,4)25(27)40-20-6-5-18(14-30)21(29)13-20)33-23(38)19-15-31-26(32-16-19)35-9-7-34(8-10-35)11-12-39-17-22(36)37/h5-6,13,15-16,24-25H,7-12,17H2,1-4H3,(H,33,38)(H,36,37). The number of carbonyl (C=O) groups is 2. The van der Waals surface area contributed by atoms with Crippen LogP contribution < -0.4 is 15.0 Å². The van der Waals surface area contributed by atoms with Crippen molar-refractivity contribution in [3.63, 3.8) is 0 Å². The van der Waals surface area contributed by atoms with Gasteiger partial charge in [-0.2, -0.15) is 5.26 Å². The third-order valence-corrected chi connectivity index (χ3v) is 8.08. The molecular formula is C28H35ClN6O5. The molecule has 2 aromatic rings. The van der Waals surface area contributed by atoms with Gasteiger partial charge in [0.15, 0.2) is 0 Å². The van der Waals surface area contributed by atoms with Gasteiger partial charge in [0, 0.05) is 68.1 Å². The Bertz CT molecular complexity index is 1250. The molecule has 1 aliphatic heterocycles. The number of benzene rings is 1. The Balaban J connectivity index is 1.30. The molecule has 40 heavy (non-hydrogen) atoms. The number of piperazine rings is 1. The first-order valence-corrected chi connectivity index (χ1v) is 13.6. The van der Waals surface area contributed by atoms with E-state index < -0.39 is 5.97 Å². The summed E-state index contributed by atoms with van der Waals surface area (Å²) in [7, 11) is 0. The third kappa shape index (κ3) is 6.30. The van der Waals surface area contributed by atoms with Crippen LogP contribution in [-0.2, 0) is 9.53 Å². The van der Waals surface area contributed by atoms with Crippen molar-refractivity contribution < 1.29 is 24.2 Å². The van der Waals surface area contributed by atoms with Crippen LogP contribution in [0.2, 0.25) is 5.02 Å². The predicted octanol–water partition coefficient (Wildman–Crippen LogP) is 2.84. The van der Waals surface area contributed by atoms with Crippen LogP contribution in [0.1, 0.15) is 43.6 Å². The monoisotopic (exact) mass is 570 g/mol. The molecule has 1 aromatic heterocycles.